The predicted octanol–water partition coefficient (Wildman–Crippen LogP) is 4.37. The number of carbonyl (C=O) groups excluding carboxylic acids is 1. The monoisotopic (exact) mass is 390 g/mol. The molecule has 0 unspecified atom stereocenters. The molecule has 1 N–H and O–H groups in total. The first-order chi connectivity index (χ1) is 13.7. The van der Waals surface area contributed by atoms with Crippen LogP contribution in [0, 0.1) is 0 Å². The molecule has 0 saturated heterocycles. The van der Waals surface area contributed by atoms with Gasteiger partial charge < -0.3 is 14.6 Å². The Hall–Kier alpha value is -3.45. The van der Waals surface area contributed by atoms with Gasteiger partial charge in [0.15, 0.2) is 0 Å². The number of ether oxygens (including phenoxy) is 1. The fourth-order valence-corrected chi connectivity index (χ4v) is 3.30. The van der Waals surface area contributed by atoms with Crippen molar-refractivity contribution in [2.75, 3.05) is 5.32 Å². The molecule has 7 heteroatoms. The summed E-state index contributed by atoms with van der Waals surface area (Å²) < 4.78 is 7.62. The van der Waals surface area contributed by atoms with E-state index in [4.69, 9.17) is 4.74 Å². The number of nitrogens with zero attached hydrogens (tertiary/aromatic N) is 3. The van der Waals surface area contributed by atoms with Crippen LogP contribution in [0.5, 0.6) is 5.75 Å². The molecule has 140 valence electrons. The van der Waals surface area contributed by atoms with Gasteiger partial charge in [0.2, 0.25) is 0 Å². The van der Waals surface area contributed by atoms with Crippen LogP contribution in [0.1, 0.15) is 16.2 Å². The SMILES string of the molecule is Cn1ccnc1COc1ccc(C(=O)Nc2ccc(-c3nccs3)cc2)cc1. The van der Waals surface area contributed by atoms with Crippen molar-refractivity contribution >= 4 is 22.9 Å². The summed E-state index contributed by atoms with van der Waals surface area (Å²) in [7, 11) is 1.92. The number of carbonyl (C=O) groups is 1. The molecule has 2 aromatic heterocycles. The average Bonchev–Trinajstić information content (AvgIpc) is 3.39. The number of aryl methyl sites for hydroxylation is 1. The van der Waals surface area contributed by atoms with E-state index in [2.05, 4.69) is 15.3 Å². The van der Waals surface area contributed by atoms with Crippen LogP contribution in [0.2, 0.25) is 0 Å². The number of benzene rings is 2. The predicted molar refractivity (Wildman–Crippen MR) is 109 cm³/mol. The summed E-state index contributed by atoms with van der Waals surface area (Å²) >= 11 is 1.58. The Kier molecular flexibility index (Phi) is 5.16. The Morgan fingerprint density at radius 1 is 1.07 bits per heavy atom. The lowest BCUT2D eigenvalue weighted by Gasteiger charge is -2.08. The molecule has 4 aromatic rings. The van der Waals surface area contributed by atoms with Gasteiger partial charge in [-0.15, -0.1) is 11.3 Å². The molecule has 0 aliphatic heterocycles. The second-order valence-corrected chi connectivity index (χ2v) is 7.03. The van der Waals surface area contributed by atoms with E-state index in [-0.39, 0.29) is 5.91 Å². The molecule has 0 saturated carbocycles. The van der Waals surface area contributed by atoms with E-state index in [9.17, 15) is 4.79 Å². The first-order valence-corrected chi connectivity index (χ1v) is 9.57. The van der Waals surface area contributed by atoms with E-state index in [0.29, 0.717) is 17.9 Å². The van der Waals surface area contributed by atoms with Crippen molar-refractivity contribution in [2.24, 2.45) is 7.05 Å². The second kappa shape index (κ2) is 8.06. The van der Waals surface area contributed by atoms with Gasteiger partial charge in [-0.05, 0) is 48.5 Å². The Morgan fingerprint density at radius 2 is 1.86 bits per heavy atom. The fraction of sp³-hybridized carbons (Fsp3) is 0.0952. The smallest absolute Gasteiger partial charge is 0.255 e. The molecule has 2 heterocycles. The second-order valence-electron chi connectivity index (χ2n) is 6.14. The first kappa shape index (κ1) is 17.9. The molecule has 0 fully saturated rings. The Morgan fingerprint density at radius 3 is 2.50 bits per heavy atom. The van der Waals surface area contributed by atoms with Crippen LogP contribution in [0.4, 0.5) is 5.69 Å². The molecule has 0 aliphatic carbocycles. The van der Waals surface area contributed by atoms with E-state index in [1.54, 1.807) is 48.0 Å². The number of thiazole rings is 1. The number of hydrogen-bond acceptors (Lipinski definition) is 5. The number of aromatic nitrogens is 3. The number of nitrogens with one attached hydrogen (secondary N) is 1. The minimum Gasteiger partial charge on any atom is -0.486 e. The molecule has 0 aliphatic rings. The largest absolute Gasteiger partial charge is 0.486 e. The van der Waals surface area contributed by atoms with Gasteiger partial charge in [-0.2, -0.15) is 0 Å². The molecule has 4 rings (SSSR count). The Labute approximate surface area is 166 Å². The van der Waals surface area contributed by atoms with Gasteiger partial charge in [-0.1, -0.05) is 0 Å². The van der Waals surface area contributed by atoms with Gasteiger partial charge in [0.1, 0.15) is 23.2 Å². The number of hydrogen-bond donors (Lipinski definition) is 1. The van der Waals surface area contributed by atoms with Gasteiger partial charge in [-0.3, -0.25) is 4.79 Å². The normalized spacial score (nSPS) is 10.6. The van der Waals surface area contributed by atoms with Crippen LogP contribution in [0.15, 0.2) is 72.5 Å². The van der Waals surface area contributed by atoms with E-state index >= 15 is 0 Å². The summed E-state index contributed by atoms with van der Waals surface area (Å²) in [6.45, 7) is 0.375. The minimum absolute atomic E-state index is 0.169. The lowest BCUT2D eigenvalue weighted by Crippen LogP contribution is -2.11. The summed E-state index contributed by atoms with van der Waals surface area (Å²) in [6, 6.07) is 14.7. The van der Waals surface area contributed by atoms with Crippen molar-refractivity contribution in [3.8, 4) is 16.3 Å². The quantitative estimate of drug-likeness (QED) is 0.531. The summed E-state index contributed by atoms with van der Waals surface area (Å²) in [5.74, 6) is 1.35. The van der Waals surface area contributed by atoms with Crippen LogP contribution in [-0.2, 0) is 13.7 Å². The molecule has 0 radical (unpaired) electrons. The summed E-state index contributed by atoms with van der Waals surface area (Å²) in [5, 5.41) is 5.80. The zero-order chi connectivity index (χ0) is 19.3. The van der Waals surface area contributed by atoms with Crippen LogP contribution < -0.4 is 10.1 Å². The summed E-state index contributed by atoms with van der Waals surface area (Å²) in [5.41, 5.74) is 2.33. The van der Waals surface area contributed by atoms with Crippen molar-refractivity contribution in [1.29, 1.82) is 0 Å². The van der Waals surface area contributed by atoms with Crippen molar-refractivity contribution < 1.29 is 9.53 Å². The Balaban J connectivity index is 1.36. The lowest BCUT2D eigenvalue weighted by molar-refractivity contribution is 0.102. The summed E-state index contributed by atoms with van der Waals surface area (Å²) in [6.07, 6.45) is 5.38. The zero-order valence-electron chi connectivity index (χ0n) is 15.2. The Bertz CT molecular complexity index is 1050. The highest BCUT2D eigenvalue weighted by Crippen LogP contribution is 2.23. The van der Waals surface area contributed by atoms with Crippen molar-refractivity contribution in [2.45, 2.75) is 6.61 Å². The number of rotatable bonds is 6. The fourth-order valence-electron chi connectivity index (χ4n) is 2.65. The maximum atomic E-state index is 12.5. The van der Waals surface area contributed by atoms with Crippen LogP contribution >= 0.6 is 11.3 Å². The maximum absolute atomic E-state index is 12.5. The van der Waals surface area contributed by atoms with Crippen molar-refractivity contribution in [3.05, 3.63) is 83.9 Å². The standard InChI is InChI=1S/C21H18N4O2S/c1-25-12-10-22-19(25)14-27-18-8-4-15(5-9-18)20(26)24-17-6-2-16(3-7-17)21-23-11-13-28-21/h2-13H,14H2,1H3,(H,24,26). The summed E-state index contributed by atoms with van der Waals surface area (Å²) in [4.78, 5) is 21.0. The molecule has 6 nitrogen and oxygen atoms in total. The van der Waals surface area contributed by atoms with E-state index in [1.165, 1.54) is 0 Å². The molecule has 2 aromatic carbocycles. The van der Waals surface area contributed by atoms with E-state index in [0.717, 1.165) is 22.1 Å². The highest BCUT2D eigenvalue weighted by Gasteiger charge is 2.08. The third-order valence-corrected chi connectivity index (χ3v) is 5.05. The first-order valence-electron chi connectivity index (χ1n) is 8.69. The number of anilines is 1. The van der Waals surface area contributed by atoms with Crippen molar-refractivity contribution in [1.82, 2.24) is 14.5 Å². The highest BCUT2D eigenvalue weighted by atomic mass is 32.1. The van der Waals surface area contributed by atoms with Gasteiger partial charge >= 0.3 is 0 Å². The van der Waals surface area contributed by atoms with Gasteiger partial charge in [0, 0.05) is 47.8 Å². The van der Waals surface area contributed by atoms with Crippen LogP contribution in [0.25, 0.3) is 10.6 Å². The van der Waals surface area contributed by atoms with Gasteiger partial charge in [-0.25, -0.2) is 9.97 Å². The van der Waals surface area contributed by atoms with Gasteiger partial charge in [0.25, 0.3) is 5.91 Å². The highest BCUT2D eigenvalue weighted by molar-refractivity contribution is 7.13. The molecular formula is C21H18N4O2S. The molecule has 0 bridgehead atoms. The van der Waals surface area contributed by atoms with Crippen LogP contribution in [0.3, 0.4) is 0 Å². The average molecular weight is 390 g/mol. The molecular weight excluding hydrogens is 372 g/mol. The number of amides is 1. The maximum Gasteiger partial charge on any atom is 0.255 e. The molecule has 0 atom stereocenters. The lowest BCUT2D eigenvalue weighted by atomic mass is 10.2. The van der Waals surface area contributed by atoms with E-state index < -0.39 is 0 Å². The van der Waals surface area contributed by atoms with Gasteiger partial charge in [0.05, 0.1) is 0 Å². The zero-order valence-corrected chi connectivity index (χ0v) is 16.0. The third-order valence-electron chi connectivity index (χ3n) is 4.23. The molecule has 1 amide bonds. The third kappa shape index (κ3) is 4.10. The molecule has 0 spiro atoms. The minimum atomic E-state index is -0.169. The van der Waals surface area contributed by atoms with Crippen molar-refractivity contribution in [3.63, 3.8) is 0 Å². The van der Waals surface area contributed by atoms with E-state index in [1.807, 2.05) is 47.5 Å². The number of imidazole rings is 1. The topological polar surface area (TPSA) is 69.0 Å². The molecule has 28 heavy (non-hydrogen) atoms. The van der Waals surface area contributed by atoms with Crippen LogP contribution in [-0.4, -0.2) is 20.4 Å².